The van der Waals surface area contributed by atoms with Crippen LogP contribution in [0.25, 0.3) is 0 Å². The van der Waals surface area contributed by atoms with Crippen molar-refractivity contribution in [2.75, 3.05) is 6.61 Å². The third kappa shape index (κ3) is 7.01. The van der Waals surface area contributed by atoms with E-state index in [-0.39, 0.29) is 18.3 Å². The number of esters is 1. The molecule has 0 aliphatic heterocycles. The van der Waals surface area contributed by atoms with Crippen molar-refractivity contribution in [3.05, 3.63) is 91.9 Å². The first-order chi connectivity index (χ1) is 16.2. The summed E-state index contributed by atoms with van der Waals surface area (Å²) in [5, 5.41) is 4.01. The van der Waals surface area contributed by atoms with E-state index in [0.29, 0.717) is 21.3 Å². The fourth-order valence-electron chi connectivity index (χ4n) is 3.10. The van der Waals surface area contributed by atoms with Crippen LogP contribution in [0.4, 0.5) is 0 Å². The van der Waals surface area contributed by atoms with Crippen LogP contribution in [0.2, 0.25) is 0 Å². The first-order valence-electron chi connectivity index (χ1n) is 10.6. The maximum absolute atomic E-state index is 12.5. The number of nitrogens with zero attached hydrogens (tertiary/aromatic N) is 1. The van der Waals surface area contributed by atoms with Crippen LogP contribution in [0.5, 0.6) is 11.5 Å². The molecular formula is C26H24Br2N2O4. The molecule has 0 atom stereocenters. The summed E-state index contributed by atoms with van der Waals surface area (Å²) in [5.41, 5.74) is 5.45. The molecule has 0 bridgehead atoms. The van der Waals surface area contributed by atoms with Gasteiger partial charge in [-0.05, 0) is 70.2 Å². The summed E-state index contributed by atoms with van der Waals surface area (Å²) in [7, 11) is 0. The van der Waals surface area contributed by atoms with Gasteiger partial charge >= 0.3 is 5.97 Å². The van der Waals surface area contributed by atoms with Crippen LogP contribution in [0.3, 0.4) is 0 Å². The molecule has 34 heavy (non-hydrogen) atoms. The van der Waals surface area contributed by atoms with E-state index < -0.39 is 11.9 Å². The maximum Gasteiger partial charge on any atom is 0.343 e. The van der Waals surface area contributed by atoms with E-state index in [0.717, 1.165) is 15.6 Å². The van der Waals surface area contributed by atoms with Gasteiger partial charge in [-0.3, -0.25) is 4.79 Å². The van der Waals surface area contributed by atoms with Crippen molar-refractivity contribution in [2.45, 2.75) is 26.7 Å². The van der Waals surface area contributed by atoms with Gasteiger partial charge in [-0.1, -0.05) is 60.1 Å². The number of amides is 1. The van der Waals surface area contributed by atoms with E-state index in [1.807, 2.05) is 31.2 Å². The SMILES string of the molecule is Cc1ccc(C(C)C)c(OCC(=O)N/N=C/c2cc(Br)cc(Br)c2OC(=O)c2ccccc2)c1. The fourth-order valence-corrected chi connectivity index (χ4v) is 4.44. The van der Waals surface area contributed by atoms with Crippen molar-refractivity contribution >= 4 is 50.0 Å². The third-order valence-corrected chi connectivity index (χ3v) is 5.83. The molecule has 0 aromatic heterocycles. The van der Waals surface area contributed by atoms with E-state index in [9.17, 15) is 9.59 Å². The Hall–Kier alpha value is -2.97. The molecule has 3 rings (SSSR count). The first-order valence-corrected chi connectivity index (χ1v) is 12.1. The number of nitrogens with one attached hydrogen (secondary N) is 1. The molecule has 0 spiro atoms. The van der Waals surface area contributed by atoms with Gasteiger partial charge < -0.3 is 9.47 Å². The number of hydrogen-bond acceptors (Lipinski definition) is 5. The summed E-state index contributed by atoms with van der Waals surface area (Å²) < 4.78 is 12.6. The molecule has 1 amide bonds. The van der Waals surface area contributed by atoms with Crippen molar-refractivity contribution in [1.82, 2.24) is 5.43 Å². The zero-order valence-electron chi connectivity index (χ0n) is 19.0. The molecule has 6 nitrogen and oxygen atoms in total. The van der Waals surface area contributed by atoms with Gasteiger partial charge in [0.1, 0.15) is 5.75 Å². The van der Waals surface area contributed by atoms with Crippen molar-refractivity contribution in [3.63, 3.8) is 0 Å². The average Bonchev–Trinajstić information content (AvgIpc) is 2.80. The molecule has 3 aromatic carbocycles. The second kappa shape index (κ2) is 11.9. The molecule has 8 heteroatoms. The summed E-state index contributed by atoms with van der Waals surface area (Å²) >= 11 is 6.83. The quantitative estimate of drug-likeness (QED) is 0.143. The van der Waals surface area contributed by atoms with Crippen LogP contribution < -0.4 is 14.9 Å². The predicted octanol–water partition coefficient (Wildman–Crippen LogP) is 6.39. The molecule has 0 heterocycles. The normalized spacial score (nSPS) is 11.0. The summed E-state index contributed by atoms with van der Waals surface area (Å²) in [6, 6.07) is 18.1. The van der Waals surface area contributed by atoms with Crippen LogP contribution in [-0.4, -0.2) is 24.7 Å². The lowest BCUT2D eigenvalue weighted by Gasteiger charge is -2.14. The molecule has 0 saturated heterocycles. The van der Waals surface area contributed by atoms with Crippen LogP contribution in [0.1, 0.15) is 46.8 Å². The maximum atomic E-state index is 12.5. The minimum absolute atomic E-state index is 0.182. The van der Waals surface area contributed by atoms with Crippen molar-refractivity contribution in [2.24, 2.45) is 5.10 Å². The molecule has 0 saturated carbocycles. The lowest BCUT2D eigenvalue weighted by atomic mass is 10.0. The second-order valence-corrected chi connectivity index (χ2v) is 9.61. The number of aryl methyl sites for hydroxylation is 1. The zero-order valence-corrected chi connectivity index (χ0v) is 22.1. The fraction of sp³-hybridized carbons (Fsp3) is 0.192. The van der Waals surface area contributed by atoms with Crippen LogP contribution >= 0.6 is 31.9 Å². The number of ether oxygens (including phenoxy) is 2. The average molecular weight is 588 g/mol. The number of hydrazone groups is 1. The highest BCUT2D eigenvalue weighted by Crippen LogP contribution is 2.33. The third-order valence-electron chi connectivity index (χ3n) is 4.78. The molecule has 0 unspecified atom stereocenters. The zero-order chi connectivity index (χ0) is 24.7. The predicted molar refractivity (Wildman–Crippen MR) is 140 cm³/mol. The Morgan fingerprint density at radius 3 is 2.50 bits per heavy atom. The number of rotatable bonds is 8. The highest BCUT2D eigenvalue weighted by molar-refractivity contribution is 9.11. The number of carbonyl (C=O) groups is 2. The molecule has 0 aliphatic rings. The highest BCUT2D eigenvalue weighted by Gasteiger charge is 2.15. The topological polar surface area (TPSA) is 77.0 Å². The van der Waals surface area contributed by atoms with Gasteiger partial charge in [-0.15, -0.1) is 0 Å². The van der Waals surface area contributed by atoms with Crippen molar-refractivity contribution < 1.29 is 19.1 Å². The van der Waals surface area contributed by atoms with Gasteiger partial charge in [-0.25, -0.2) is 10.2 Å². The Morgan fingerprint density at radius 1 is 1.06 bits per heavy atom. The largest absolute Gasteiger partial charge is 0.483 e. The molecule has 176 valence electrons. The standard InChI is InChI=1S/C26H24Br2N2O4/c1-16(2)21-10-9-17(3)11-23(21)33-15-24(31)30-29-14-19-12-20(27)13-22(28)25(19)34-26(32)18-7-5-4-6-8-18/h4-14,16H,15H2,1-3H3,(H,30,31)/b29-14+. The Labute approximate surface area is 215 Å². The second-order valence-electron chi connectivity index (χ2n) is 7.84. The minimum atomic E-state index is -0.505. The van der Waals surface area contributed by atoms with Gasteiger partial charge in [0, 0.05) is 10.0 Å². The Morgan fingerprint density at radius 2 is 1.79 bits per heavy atom. The smallest absolute Gasteiger partial charge is 0.343 e. The van der Waals surface area contributed by atoms with E-state index >= 15 is 0 Å². The van der Waals surface area contributed by atoms with Crippen LogP contribution in [0.15, 0.2) is 74.7 Å². The van der Waals surface area contributed by atoms with Crippen LogP contribution in [-0.2, 0) is 4.79 Å². The Bertz CT molecular complexity index is 1210. The molecule has 1 N–H and O–H groups in total. The summed E-state index contributed by atoms with van der Waals surface area (Å²) in [6.45, 7) is 5.93. The van der Waals surface area contributed by atoms with Gasteiger partial charge in [0.15, 0.2) is 12.4 Å². The molecule has 3 aromatic rings. The summed E-state index contributed by atoms with van der Waals surface area (Å²) in [5.74, 6) is 0.315. The molecule has 0 aliphatic carbocycles. The van der Waals surface area contributed by atoms with Gasteiger partial charge in [0.25, 0.3) is 5.91 Å². The van der Waals surface area contributed by atoms with Gasteiger partial charge in [0.2, 0.25) is 0 Å². The lowest BCUT2D eigenvalue weighted by Crippen LogP contribution is -2.25. The van der Waals surface area contributed by atoms with Gasteiger partial charge in [0.05, 0.1) is 16.3 Å². The highest BCUT2D eigenvalue weighted by atomic mass is 79.9. The van der Waals surface area contributed by atoms with E-state index in [4.69, 9.17) is 9.47 Å². The van der Waals surface area contributed by atoms with E-state index in [2.05, 4.69) is 56.2 Å². The van der Waals surface area contributed by atoms with Crippen LogP contribution in [0, 0.1) is 6.92 Å². The Kier molecular flexibility index (Phi) is 9.01. The monoisotopic (exact) mass is 586 g/mol. The number of benzene rings is 3. The minimum Gasteiger partial charge on any atom is -0.483 e. The van der Waals surface area contributed by atoms with Crippen molar-refractivity contribution in [3.8, 4) is 11.5 Å². The number of halogens is 2. The molecular weight excluding hydrogens is 564 g/mol. The summed E-state index contributed by atoms with van der Waals surface area (Å²) in [6.07, 6.45) is 1.41. The van der Waals surface area contributed by atoms with E-state index in [1.54, 1.807) is 36.4 Å². The first kappa shape index (κ1) is 25.6. The van der Waals surface area contributed by atoms with Gasteiger partial charge in [-0.2, -0.15) is 5.10 Å². The van der Waals surface area contributed by atoms with Crippen molar-refractivity contribution in [1.29, 1.82) is 0 Å². The summed E-state index contributed by atoms with van der Waals surface area (Å²) in [4.78, 5) is 24.8. The van der Waals surface area contributed by atoms with E-state index in [1.165, 1.54) is 6.21 Å². The number of hydrogen-bond donors (Lipinski definition) is 1. The molecule has 0 fully saturated rings. The lowest BCUT2D eigenvalue weighted by molar-refractivity contribution is -0.123. The molecule has 0 radical (unpaired) electrons. The number of carbonyl (C=O) groups excluding carboxylic acids is 2. The Balaban J connectivity index is 1.68.